The highest BCUT2D eigenvalue weighted by atomic mass is 127. The molecule has 0 bridgehead atoms. The summed E-state index contributed by atoms with van der Waals surface area (Å²) in [5.74, 6) is 0.807. The van der Waals surface area contributed by atoms with E-state index in [1.54, 1.807) is 23.5 Å². The van der Waals surface area contributed by atoms with Crippen molar-refractivity contribution < 1.29 is 5.11 Å². The van der Waals surface area contributed by atoms with Crippen LogP contribution in [0.15, 0.2) is 46.8 Å². The molecular weight excluding hydrogens is 469 g/mol. The number of hydrogen-bond donors (Lipinski definition) is 2. The van der Waals surface area contributed by atoms with E-state index in [1.165, 1.54) is 4.88 Å². The van der Waals surface area contributed by atoms with Crippen LogP contribution in [0.25, 0.3) is 0 Å². The van der Waals surface area contributed by atoms with Crippen LogP contribution >= 0.6 is 46.9 Å². The zero-order valence-corrected chi connectivity index (χ0v) is 18.4. The van der Waals surface area contributed by atoms with Crippen molar-refractivity contribution >= 4 is 52.9 Å². The molecule has 1 aromatic carbocycles. The zero-order chi connectivity index (χ0) is 17.4. The van der Waals surface area contributed by atoms with Gasteiger partial charge in [0.15, 0.2) is 5.96 Å². The molecule has 1 atom stereocenters. The summed E-state index contributed by atoms with van der Waals surface area (Å²) >= 11 is 7.65. The number of thiophene rings is 1. The van der Waals surface area contributed by atoms with Gasteiger partial charge in [0, 0.05) is 30.0 Å². The van der Waals surface area contributed by atoms with Gasteiger partial charge in [-0.15, -0.1) is 35.3 Å². The van der Waals surface area contributed by atoms with Crippen LogP contribution in [-0.2, 0) is 6.42 Å². The maximum absolute atomic E-state index is 10.3. The monoisotopic (exact) mass is 493 g/mol. The lowest BCUT2D eigenvalue weighted by Crippen LogP contribution is -2.40. The Balaban J connectivity index is 0.00000312. The van der Waals surface area contributed by atoms with Crippen LogP contribution in [0, 0.1) is 0 Å². The quantitative estimate of drug-likeness (QED) is 0.345. The molecule has 2 N–H and O–H groups in total. The first kappa shape index (κ1) is 22.2. The predicted molar refractivity (Wildman–Crippen MR) is 118 cm³/mol. The second-order valence-electron chi connectivity index (χ2n) is 5.51. The van der Waals surface area contributed by atoms with Crippen LogP contribution in [0.5, 0.6) is 0 Å². The molecule has 0 aliphatic heterocycles. The van der Waals surface area contributed by atoms with Gasteiger partial charge in [-0.2, -0.15) is 0 Å². The number of nitrogens with zero attached hydrogens (tertiary/aromatic N) is 2. The normalized spacial score (nSPS) is 12.4. The topological polar surface area (TPSA) is 47.9 Å². The molecule has 2 aromatic rings. The van der Waals surface area contributed by atoms with Crippen LogP contribution in [0.4, 0.5) is 0 Å². The minimum atomic E-state index is -0.637. The number of aliphatic imine (C=N–C) groups is 1. The number of aliphatic hydroxyl groups excluding tert-OH is 1. The lowest BCUT2D eigenvalue weighted by molar-refractivity contribution is 0.186. The van der Waals surface area contributed by atoms with E-state index in [9.17, 15) is 5.11 Å². The van der Waals surface area contributed by atoms with Crippen LogP contribution in [0.1, 0.15) is 23.5 Å². The van der Waals surface area contributed by atoms with Gasteiger partial charge in [-0.05, 0) is 42.5 Å². The molecule has 1 heterocycles. The third-order valence-electron chi connectivity index (χ3n) is 3.64. The minimum absolute atomic E-state index is 0. The van der Waals surface area contributed by atoms with Gasteiger partial charge < -0.3 is 15.3 Å². The van der Waals surface area contributed by atoms with E-state index >= 15 is 0 Å². The Morgan fingerprint density at radius 1 is 1.32 bits per heavy atom. The molecule has 0 saturated heterocycles. The molecule has 0 fully saturated rings. The summed E-state index contributed by atoms with van der Waals surface area (Å²) in [6.45, 7) is 4.02. The number of guanidine groups is 1. The van der Waals surface area contributed by atoms with E-state index in [2.05, 4.69) is 32.7 Å². The number of halogens is 2. The molecule has 25 heavy (non-hydrogen) atoms. The second-order valence-corrected chi connectivity index (χ2v) is 6.98. The first-order valence-electron chi connectivity index (χ1n) is 8.05. The van der Waals surface area contributed by atoms with E-state index in [4.69, 9.17) is 11.6 Å². The first-order chi connectivity index (χ1) is 11.6. The molecule has 0 aliphatic carbocycles. The molecule has 7 heteroatoms. The van der Waals surface area contributed by atoms with E-state index in [0.29, 0.717) is 11.6 Å². The molecule has 0 amide bonds. The minimum Gasteiger partial charge on any atom is -0.386 e. The van der Waals surface area contributed by atoms with Crippen molar-refractivity contribution in [2.45, 2.75) is 19.4 Å². The highest BCUT2D eigenvalue weighted by Crippen LogP contribution is 2.16. The fourth-order valence-corrected chi connectivity index (χ4v) is 3.10. The zero-order valence-electron chi connectivity index (χ0n) is 14.5. The Kier molecular flexibility index (Phi) is 10.4. The van der Waals surface area contributed by atoms with Gasteiger partial charge >= 0.3 is 0 Å². The number of aliphatic hydroxyl groups is 1. The Morgan fingerprint density at radius 3 is 2.64 bits per heavy atom. The van der Waals surface area contributed by atoms with Gasteiger partial charge in [0.1, 0.15) is 0 Å². The van der Waals surface area contributed by atoms with E-state index in [1.807, 2.05) is 26.1 Å². The number of likely N-dealkylation sites (N-methyl/N-ethyl adjacent to an activating group) is 1. The van der Waals surface area contributed by atoms with Crippen LogP contribution in [0.3, 0.4) is 0 Å². The highest BCUT2D eigenvalue weighted by Gasteiger charge is 2.10. The standard InChI is InChI=1S/C18H24ClN3OS.HI/c1-3-20-18(22(2)11-10-16-5-4-12-24-16)21-13-17(23)14-6-8-15(19)9-7-14;/h4-9,12,17,23H,3,10-11,13H2,1-2H3,(H,20,21);1H. The van der Waals surface area contributed by atoms with Crippen molar-refractivity contribution in [2.24, 2.45) is 4.99 Å². The van der Waals surface area contributed by atoms with Crippen molar-refractivity contribution in [2.75, 3.05) is 26.7 Å². The van der Waals surface area contributed by atoms with E-state index < -0.39 is 6.10 Å². The maximum atomic E-state index is 10.3. The third kappa shape index (κ3) is 7.52. The fourth-order valence-electron chi connectivity index (χ4n) is 2.27. The number of nitrogens with one attached hydrogen (secondary N) is 1. The molecule has 0 spiro atoms. The lowest BCUT2D eigenvalue weighted by Gasteiger charge is -2.22. The summed E-state index contributed by atoms with van der Waals surface area (Å²) in [5.41, 5.74) is 0.820. The van der Waals surface area contributed by atoms with Crippen LogP contribution in [0.2, 0.25) is 5.02 Å². The second kappa shape index (κ2) is 11.7. The highest BCUT2D eigenvalue weighted by molar-refractivity contribution is 14.0. The van der Waals surface area contributed by atoms with Crippen LogP contribution in [-0.4, -0.2) is 42.6 Å². The molecule has 0 saturated carbocycles. The maximum Gasteiger partial charge on any atom is 0.193 e. The van der Waals surface area contributed by atoms with Gasteiger partial charge in [0.2, 0.25) is 0 Å². The van der Waals surface area contributed by atoms with Gasteiger partial charge in [0.05, 0.1) is 12.6 Å². The lowest BCUT2D eigenvalue weighted by atomic mass is 10.1. The van der Waals surface area contributed by atoms with Gasteiger partial charge in [0.25, 0.3) is 0 Å². The fraction of sp³-hybridized carbons (Fsp3) is 0.389. The molecule has 0 radical (unpaired) electrons. The van der Waals surface area contributed by atoms with E-state index in [-0.39, 0.29) is 24.0 Å². The molecule has 138 valence electrons. The van der Waals surface area contributed by atoms with Gasteiger partial charge in [-0.1, -0.05) is 29.8 Å². The molecule has 4 nitrogen and oxygen atoms in total. The van der Waals surface area contributed by atoms with Crippen molar-refractivity contribution in [1.82, 2.24) is 10.2 Å². The third-order valence-corrected chi connectivity index (χ3v) is 4.83. The Labute approximate surface area is 175 Å². The summed E-state index contributed by atoms with van der Waals surface area (Å²) in [4.78, 5) is 8.02. The summed E-state index contributed by atoms with van der Waals surface area (Å²) in [5, 5.41) is 16.3. The Morgan fingerprint density at radius 2 is 2.04 bits per heavy atom. The molecule has 1 unspecified atom stereocenters. The smallest absolute Gasteiger partial charge is 0.193 e. The summed E-state index contributed by atoms with van der Waals surface area (Å²) < 4.78 is 0. The van der Waals surface area contributed by atoms with Crippen molar-refractivity contribution in [3.63, 3.8) is 0 Å². The predicted octanol–water partition coefficient (Wildman–Crippen LogP) is 4.19. The molecule has 1 aromatic heterocycles. The molecular formula is C18H25ClIN3OS. The molecule has 0 aliphatic rings. The largest absolute Gasteiger partial charge is 0.386 e. The Hall–Kier alpha value is -0.830. The van der Waals surface area contributed by atoms with Crippen molar-refractivity contribution in [3.05, 3.63) is 57.2 Å². The number of rotatable bonds is 7. The SMILES string of the molecule is CCNC(=NCC(O)c1ccc(Cl)cc1)N(C)CCc1cccs1.I. The van der Waals surface area contributed by atoms with Gasteiger partial charge in [-0.25, -0.2) is 0 Å². The Bertz CT molecular complexity index is 634. The van der Waals surface area contributed by atoms with Crippen molar-refractivity contribution in [1.29, 1.82) is 0 Å². The van der Waals surface area contributed by atoms with Gasteiger partial charge in [-0.3, -0.25) is 4.99 Å². The number of benzene rings is 1. The molecule has 2 rings (SSSR count). The average Bonchev–Trinajstić information content (AvgIpc) is 3.10. The summed E-state index contributed by atoms with van der Waals surface area (Å²) in [6.07, 6.45) is 0.347. The number of hydrogen-bond acceptors (Lipinski definition) is 3. The summed E-state index contributed by atoms with van der Waals surface area (Å²) in [7, 11) is 2.02. The first-order valence-corrected chi connectivity index (χ1v) is 9.31. The van der Waals surface area contributed by atoms with Crippen molar-refractivity contribution in [3.8, 4) is 0 Å². The summed E-state index contributed by atoms with van der Waals surface area (Å²) in [6, 6.07) is 11.4. The van der Waals surface area contributed by atoms with Crippen LogP contribution < -0.4 is 5.32 Å². The van der Waals surface area contributed by atoms with E-state index in [0.717, 1.165) is 31.0 Å². The average molecular weight is 494 g/mol.